The van der Waals surface area contributed by atoms with Crippen LogP contribution in [0.25, 0.3) is 0 Å². The Kier molecular flexibility index (Phi) is 4.68. The normalized spacial score (nSPS) is 15.1. The quantitative estimate of drug-likeness (QED) is 0.752. The minimum atomic E-state index is 0.463. The average Bonchev–Trinajstić information content (AvgIpc) is 2.26. The first-order valence-corrected chi connectivity index (χ1v) is 5.52. The molecule has 1 N–H and O–H groups in total. The third-order valence-electron chi connectivity index (χ3n) is 2.77. The summed E-state index contributed by atoms with van der Waals surface area (Å²) < 4.78 is 0. The van der Waals surface area contributed by atoms with Gasteiger partial charge in [0.25, 0.3) is 0 Å². The Labute approximate surface area is 87.5 Å². The monoisotopic (exact) mass is 191 g/mol. The van der Waals surface area contributed by atoms with Gasteiger partial charge in [0.15, 0.2) is 0 Å². The molecule has 1 nitrogen and oxygen atoms in total. The van der Waals surface area contributed by atoms with E-state index in [0.29, 0.717) is 6.04 Å². The van der Waals surface area contributed by atoms with Gasteiger partial charge in [-0.3, -0.25) is 0 Å². The van der Waals surface area contributed by atoms with E-state index < -0.39 is 0 Å². The van der Waals surface area contributed by atoms with Crippen molar-refractivity contribution in [3.05, 3.63) is 35.9 Å². The van der Waals surface area contributed by atoms with Crippen LogP contribution in [0.4, 0.5) is 0 Å². The Balaban J connectivity index is 2.39. The van der Waals surface area contributed by atoms with Gasteiger partial charge >= 0.3 is 0 Å². The van der Waals surface area contributed by atoms with Gasteiger partial charge < -0.3 is 5.32 Å². The van der Waals surface area contributed by atoms with E-state index in [1.54, 1.807) is 0 Å². The molecule has 0 saturated heterocycles. The zero-order valence-electron chi connectivity index (χ0n) is 9.46. The lowest BCUT2D eigenvalue weighted by molar-refractivity contribution is 0.461. The number of hydrogen-bond donors (Lipinski definition) is 1. The minimum Gasteiger partial charge on any atom is -0.310 e. The van der Waals surface area contributed by atoms with Gasteiger partial charge in [-0.25, -0.2) is 0 Å². The molecule has 14 heavy (non-hydrogen) atoms. The second-order valence-corrected chi connectivity index (χ2v) is 4.05. The molecular weight excluding hydrogens is 170 g/mol. The van der Waals surface area contributed by atoms with Crippen molar-refractivity contribution >= 4 is 0 Å². The number of benzene rings is 1. The summed E-state index contributed by atoms with van der Waals surface area (Å²) >= 11 is 0. The summed E-state index contributed by atoms with van der Waals surface area (Å²) in [6.45, 7) is 7.84. The van der Waals surface area contributed by atoms with Crippen LogP contribution < -0.4 is 5.32 Å². The number of nitrogens with one attached hydrogen (secondary N) is 1. The van der Waals surface area contributed by atoms with E-state index in [9.17, 15) is 0 Å². The molecule has 0 aliphatic heterocycles. The van der Waals surface area contributed by atoms with Gasteiger partial charge in [0, 0.05) is 6.04 Å². The van der Waals surface area contributed by atoms with Crippen LogP contribution in [0.3, 0.4) is 0 Å². The molecule has 1 aromatic rings. The second-order valence-electron chi connectivity index (χ2n) is 4.05. The van der Waals surface area contributed by atoms with Crippen molar-refractivity contribution in [2.75, 3.05) is 6.54 Å². The van der Waals surface area contributed by atoms with Crippen LogP contribution in [-0.2, 0) is 0 Å². The van der Waals surface area contributed by atoms with Crippen LogP contribution in [0.1, 0.15) is 38.8 Å². The van der Waals surface area contributed by atoms with Crippen molar-refractivity contribution in [3.8, 4) is 0 Å². The molecular formula is C13H21N. The van der Waals surface area contributed by atoms with Crippen molar-refractivity contribution in [1.82, 2.24) is 5.32 Å². The van der Waals surface area contributed by atoms with E-state index in [1.165, 1.54) is 12.0 Å². The third-order valence-corrected chi connectivity index (χ3v) is 2.77. The Hall–Kier alpha value is -0.820. The van der Waals surface area contributed by atoms with Crippen molar-refractivity contribution in [1.29, 1.82) is 0 Å². The number of rotatable bonds is 5. The molecule has 0 amide bonds. The largest absolute Gasteiger partial charge is 0.310 e. The van der Waals surface area contributed by atoms with Crippen LogP contribution in [0.5, 0.6) is 0 Å². The molecule has 1 rings (SSSR count). The molecule has 78 valence electrons. The lowest BCUT2D eigenvalue weighted by atomic mass is 10.1. The smallest absolute Gasteiger partial charge is 0.0291 e. The van der Waals surface area contributed by atoms with E-state index >= 15 is 0 Å². The van der Waals surface area contributed by atoms with Gasteiger partial charge in [-0.2, -0.15) is 0 Å². The van der Waals surface area contributed by atoms with Crippen molar-refractivity contribution in [2.24, 2.45) is 5.92 Å². The van der Waals surface area contributed by atoms with Gasteiger partial charge in [0.1, 0.15) is 0 Å². The van der Waals surface area contributed by atoms with Gasteiger partial charge in [0.05, 0.1) is 0 Å². The SMILES string of the molecule is CC[C@@H](C)CNC(C)c1ccccc1. The standard InChI is InChI=1S/C13H21N/c1-4-11(2)10-14-12(3)13-8-6-5-7-9-13/h5-9,11-12,14H,4,10H2,1-3H3/t11-,12?/m1/s1. The predicted molar refractivity (Wildman–Crippen MR) is 62.3 cm³/mol. The highest BCUT2D eigenvalue weighted by molar-refractivity contribution is 5.17. The molecule has 2 atom stereocenters. The third kappa shape index (κ3) is 3.51. The molecule has 0 saturated carbocycles. The maximum Gasteiger partial charge on any atom is 0.0291 e. The maximum atomic E-state index is 3.55. The first kappa shape index (κ1) is 11.3. The lowest BCUT2D eigenvalue weighted by Gasteiger charge is -2.16. The van der Waals surface area contributed by atoms with Crippen molar-refractivity contribution in [3.63, 3.8) is 0 Å². The summed E-state index contributed by atoms with van der Waals surface area (Å²) in [7, 11) is 0. The average molecular weight is 191 g/mol. The molecule has 1 aromatic carbocycles. The summed E-state index contributed by atoms with van der Waals surface area (Å²) in [4.78, 5) is 0. The predicted octanol–water partition coefficient (Wildman–Crippen LogP) is 3.38. The Morgan fingerprint density at radius 1 is 1.14 bits per heavy atom. The zero-order chi connectivity index (χ0) is 10.4. The van der Waals surface area contributed by atoms with Crippen LogP contribution in [0, 0.1) is 5.92 Å². The van der Waals surface area contributed by atoms with E-state index in [0.717, 1.165) is 12.5 Å². The highest BCUT2D eigenvalue weighted by Gasteiger charge is 2.05. The first-order chi connectivity index (χ1) is 6.74. The fourth-order valence-electron chi connectivity index (χ4n) is 1.38. The summed E-state index contributed by atoms with van der Waals surface area (Å²) in [6.07, 6.45) is 1.24. The van der Waals surface area contributed by atoms with Crippen LogP contribution >= 0.6 is 0 Å². The van der Waals surface area contributed by atoms with E-state index in [1.807, 2.05) is 0 Å². The van der Waals surface area contributed by atoms with Gasteiger partial charge in [-0.05, 0) is 24.9 Å². The van der Waals surface area contributed by atoms with Gasteiger partial charge in [-0.1, -0.05) is 50.6 Å². The zero-order valence-corrected chi connectivity index (χ0v) is 9.46. The van der Waals surface area contributed by atoms with Crippen molar-refractivity contribution in [2.45, 2.75) is 33.2 Å². The van der Waals surface area contributed by atoms with E-state index in [4.69, 9.17) is 0 Å². The molecule has 0 aliphatic rings. The molecule has 0 spiro atoms. The molecule has 0 heterocycles. The second kappa shape index (κ2) is 5.82. The summed E-state index contributed by atoms with van der Waals surface area (Å²) in [5, 5.41) is 3.55. The number of hydrogen-bond acceptors (Lipinski definition) is 1. The molecule has 0 radical (unpaired) electrons. The molecule has 0 aliphatic carbocycles. The Morgan fingerprint density at radius 2 is 1.79 bits per heavy atom. The van der Waals surface area contributed by atoms with Crippen LogP contribution in [0.2, 0.25) is 0 Å². The van der Waals surface area contributed by atoms with Crippen molar-refractivity contribution < 1.29 is 0 Å². The summed E-state index contributed by atoms with van der Waals surface area (Å²) in [6, 6.07) is 11.1. The molecule has 0 aromatic heterocycles. The Bertz CT molecular complexity index is 243. The maximum absolute atomic E-state index is 3.55. The topological polar surface area (TPSA) is 12.0 Å². The van der Waals surface area contributed by atoms with E-state index in [-0.39, 0.29) is 0 Å². The molecule has 0 fully saturated rings. The minimum absolute atomic E-state index is 0.463. The Morgan fingerprint density at radius 3 is 2.36 bits per heavy atom. The molecule has 1 heteroatoms. The van der Waals surface area contributed by atoms with Gasteiger partial charge in [0.2, 0.25) is 0 Å². The summed E-state index contributed by atoms with van der Waals surface area (Å²) in [5.74, 6) is 0.765. The summed E-state index contributed by atoms with van der Waals surface area (Å²) in [5.41, 5.74) is 1.37. The highest BCUT2D eigenvalue weighted by atomic mass is 14.9. The molecule has 0 bridgehead atoms. The fourth-order valence-corrected chi connectivity index (χ4v) is 1.38. The van der Waals surface area contributed by atoms with Crippen LogP contribution in [-0.4, -0.2) is 6.54 Å². The fraction of sp³-hybridized carbons (Fsp3) is 0.538. The molecule has 1 unspecified atom stereocenters. The van der Waals surface area contributed by atoms with Gasteiger partial charge in [-0.15, -0.1) is 0 Å². The first-order valence-electron chi connectivity index (χ1n) is 5.52. The van der Waals surface area contributed by atoms with E-state index in [2.05, 4.69) is 56.4 Å². The lowest BCUT2D eigenvalue weighted by Crippen LogP contribution is -2.24. The van der Waals surface area contributed by atoms with Crippen LogP contribution in [0.15, 0.2) is 30.3 Å². The highest BCUT2D eigenvalue weighted by Crippen LogP contribution is 2.11.